The van der Waals surface area contributed by atoms with Gasteiger partial charge in [-0.2, -0.15) is 0 Å². The fraction of sp³-hybridized carbons (Fsp3) is 0.333. The largest absolute Gasteiger partial charge is 0.494 e. The summed E-state index contributed by atoms with van der Waals surface area (Å²) in [6, 6.07) is 14.9. The van der Waals surface area contributed by atoms with Gasteiger partial charge in [0.25, 0.3) is 0 Å². The van der Waals surface area contributed by atoms with E-state index >= 15 is 0 Å². The number of benzene rings is 2. The summed E-state index contributed by atoms with van der Waals surface area (Å²) >= 11 is 3.86. The van der Waals surface area contributed by atoms with Crippen LogP contribution < -0.4 is 4.74 Å². The van der Waals surface area contributed by atoms with E-state index in [0.29, 0.717) is 19.1 Å². The number of methoxy groups -OCH3 is 2. The van der Waals surface area contributed by atoms with Crippen molar-refractivity contribution in [2.75, 3.05) is 20.8 Å². The third-order valence-electron chi connectivity index (χ3n) is 6.07. The average Bonchev–Trinajstić information content (AvgIpc) is 3.20. The number of halogens is 1. The van der Waals surface area contributed by atoms with E-state index in [-0.39, 0.29) is 0 Å². The van der Waals surface area contributed by atoms with Crippen LogP contribution in [0.2, 0.25) is 0 Å². The smallest absolute Gasteiger partial charge is 0.145 e. The van der Waals surface area contributed by atoms with Crippen molar-refractivity contribution in [2.24, 2.45) is 0 Å². The van der Waals surface area contributed by atoms with Gasteiger partial charge in [-0.05, 0) is 57.6 Å². The molecule has 172 valence electrons. The van der Waals surface area contributed by atoms with E-state index < -0.39 is 0 Å². The second-order valence-electron chi connectivity index (χ2n) is 8.53. The van der Waals surface area contributed by atoms with Gasteiger partial charge in [-0.15, -0.1) is 0 Å². The van der Waals surface area contributed by atoms with Crippen LogP contribution in [0.4, 0.5) is 0 Å². The lowest BCUT2D eigenvalue weighted by molar-refractivity contribution is 0.188. The molecular formula is C27H30BrN3O2. The number of aromatic nitrogens is 3. The topological polar surface area (TPSA) is 49.2 Å². The van der Waals surface area contributed by atoms with Gasteiger partial charge in [0.15, 0.2) is 0 Å². The molecule has 33 heavy (non-hydrogen) atoms. The van der Waals surface area contributed by atoms with Crippen LogP contribution in [0, 0.1) is 6.92 Å². The number of aryl methyl sites for hydroxylation is 1. The third kappa shape index (κ3) is 4.68. The van der Waals surface area contributed by atoms with Gasteiger partial charge in [-0.25, -0.2) is 4.98 Å². The van der Waals surface area contributed by atoms with Gasteiger partial charge in [0, 0.05) is 42.0 Å². The maximum absolute atomic E-state index is 5.87. The minimum absolute atomic E-state index is 0.485. The highest BCUT2D eigenvalue weighted by atomic mass is 79.9. The van der Waals surface area contributed by atoms with E-state index in [1.54, 1.807) is 14.2 Å². The van der Waals surface area contributed by atoms with E-state index in [2.05, 4.69) is 75.7 Å². The Morgan fingerprint density at radius 1 is 1.06 bits per heavy atom. The van der Waals surface area contributed by atoms with Crippen molar-refractivity contribution < 1.29 is 9.47 Å². The first-order valence-electron chi connectivity index (χ1n) is 11.2. The molecule has 0 radical (unpaired) electrons. The van der Waals surface area contributed by atoms with Gasteiger partial charge in [-0.1, -0.05) is 44.2 Å². The number of pyridine rings is 1. The molecule has 0 N–H and O–H groups in total. The van der Waals surface area contributed by atoms with Crippen LogP contribution in [-0.4, -0.2) is 35.4 Å². The maximum atomic E-state index is 5.87. The molecule has 0 atom stereocenters. The fourth-order valence-electron chi connectivity index (χ4n) is 4.13. The number of rotatable bonds is 8. The lowest BCUT2D eigenvalue weighted by Crippen LogP contribution is -2.07. The number of nitrogens with zero attached hydrogens (tertiary/aromatic N) is 3. The van der Waals surface area contributed by atoms with E-state index in [0.717, 1.165) is 50.3 Å². The molecule has 5 nitrogen and oxygen atoms in total. The van der Waals surface area contributed by atoms with Crippen LogP contribution in [0.15, 0.2) is 53.1 Å². The Kier molecular flexibility index (Phi) is 7.15. The Hall–Kier alpha value is -2.70. The lowest BCUT2D eigenvalue weighted by Gasteiger charge is -2.14. The van der Waals surface area contributed by atoms with Crippen LogP contribution in [0.25, 0.3) is 22.4 Å². The average molecular weight is 508 g/mol. The second kappa shape index (κ2) is 10.1. The zero-order valence-electron chi connectivity index (χ0n) is 19.9. The van der Waals surface area contributed by atoms with Crippen molar-refractivity contribution >= 4 is 27.0 Å². The summed E-state index contributed by atoms with van der Waals surface area (Å²) in [7, 11) is 3.43. The Morgan fingerprint density at radius 3 is 2.45 bits per heavy atom. The number of hydrogen-bond acceptors (Lipinski definition) is 4. The van der Waals surface area contributed by atoms with Crippen LogP contribution in [0.3, 0.4) is 0 Å². The Labute approximate surface area is 203 Å². The SMILES string of the molecule is COCCn1c(-c2ccc(C(C)C)cc2)nc2c(Br)c(Cc3cccnc3C)cc(OC)c21. The van der Waals surface area contributed by atoms with Crippen molar-refractivity contribution in [3.05, 3.63) is 75.5 Å². The lowest BCUT2D eigenvalue weighted by atomic mass is 10.0. The zero-order valence-corrected chi connectivity index (χ0v) is 21.4. The van der Waals surface area contributed by atoms with E-state index in [9.17, 15) is 0 Å². The summed E-state index contributed by atoms with van der Waals surface area (Å²) in [6.45, 7) is 7.71. The summed E-state index contributed by atoms with van der Waals surface area (Å²) in [5, 5.41) is 0. The van der Waals surface area contributed by atoms with Gasteiger partial charge in [0.05, 0.1) is 13.7 Å². The molecule has 0 saturated carbocycles. The molecule has 0 amide bonds. The molecule has 0 bridgehead atoms. The maximum Gasteiger partial charge on any atom is 0.145 e. The molecule has 2 aromatic carbocycles. The molecule has 0 aliphatic rings. The number of hydrogen-bond donors (Lipinski definition) is 0. The summed E-state index contributed by atoms with van der Waals surface area (Å²) in [5.41, 5.74) is 7.58. The first kappa shape index (κ1) is 23.5. The normalized spacial score (nSPS) is 11.5. The predicted octanol–water partition coefficient (Wildman–Crippen LogP) is 6.54. The number of fused-ring (bicyclic) bond motifs is 1. The minimum Gasteiger partial charge on any atom is -0.494 e. The molecule has 2 heterocycles. The third-order valence-corrected chi connectivity index (χ3v) is 6.95. The van der Waals surface area contributed by atoms with Gasteiger partial charge < -0.3 is 14.0 Å². The Morgan fingerprint density at radius 2 is 1.82 bits per heavy atom. The molecule has 0 aliphatic carbocycles. The Bertz CT molecular complexity index is 1260. The molecule has 6 heteroatoms. The predicted molar refractivity (Wildman–Crippen MR) is 137 cm³/mol. The Balaban J connectivity index is 1.90. The first-order chi connectivity index (χ1) is 15.9. The molecule has 0 saturated heterocycles. The van der Waals surface area contributed by atoms with Crippen LogP contribution in [-0.2, 0) is 17.7 Å². The molecule has 0 aliphatic heterocycles. The van der Waals surface area contributed by atoms with Crippen molar-refractivity contribution in [3.8, 4) is 17.1 Å². The van der Waals surface area contributed by atoms with E-state index in [4.69, 9.17) is 14.5 Å². The molecule has 4 rings (SSSR count). The zero-order chi connectivity index (χ0) is 23.5. The van der Waals surface area contributed by atoms with Crippen molar-refractivity contribution in [3.63, 3.8) is 0 Å². The molecule has 4 aromatic rings. The second-order valence-corrected chi connectivity index (χ2v) is 9.32. The molecule has 0 spiro atoms. The van der Waals surface area contributed by atoms with E-state index in [1.165, 1.54) is 11.1 Å². The van der Waals surface area contributed by atoms with Gasteiger partial charge in [0.1, 0.15) is 22.6 Å². The molecular weight excluding hydrogens is 478 g/mol. The van der Waals surface area contributed by atoms with Crippen LogP contribution in [0.5, 0.6) is 5.75 Å². The van der Waals surface area contributed by atoms with Gasteiger partial charge in [0.2, 0.25) is 0 Å². The van der Waals surface area contributed by atoms with Gasteiger partial charge >= 0.3 is 0 Å². The summed E-state index contributed by atoms with van der Waals surface area (Å²) in [6.07, 6.45) is 2.57. The van der Waals surface area contributed by atoms with Crippen molar-refractivity contribution in [2.45, 2.75) is 39.7 Å². The standard InChI is InChI=1S/C27H30BrN3O2/c1-17(2)19-8-10-20(11-9-19)27-30-25-24(28)22(15-21-7-6-12-29-18(21)3)16-23(33-5)26(25)31(27)13-14-32-4/h6-12,16-17H,13-15H2,1-5H3. The van der Waals surface area contributed by atoms with Crippen LogP contribution in [0.1, 0.15) is 42.1 Å². The number of ether oxygens (including phenoxy) is 2. The monoisotopic (exact) mass is 507 g/mol. The molecule has 0 unspecified atom stereocenters. The minimum atomic E-state index is 0.485. The highest BCUT2D eigenvalue weighted by Gasteiger charge is 2.21. The quantitative estimate of drug-likeness (QED) is 0.271. The van der Waals surface area contributed by atoms with E-state index in [1.807, 2.05) is 19.2 Å². The number of imidazole rings is 1. The summed E-state index contributed by atoms with van der Waals surface area (Å²) in [4.78, 5) is 9.55. The first-order valence-corrected chi connectivity index (χ1v) is 12.0. The highest BCUT2D eigenvalue weighted by molar-refractivity contribution is 9.10. The fourth-order valence-corrected chi connectivity index (χ4v) is 4.66. The van der Waals surface area contributed by atoms with Gasteiger partial charge in [-0.3, -0.25) is 4.98 Å². The summed E-state index contributed by atoms with van der Waals surface area (Å²) in [5.74, 6) is 2.20. The van der Waals surface area contributed by atoms with Crippen LogP contribution >= 0.6 is 15.9 Å². The highest BCUT2D eigenvalue weighted by Crippen LogP contribution is 2.39. The van der Waals surface area contributed by atoms with Crippen molar-refractivity contribution in [1.29, 1.82) is 0 Å². The van der Waals surface area contributed by atoms with Crippen molar-refractivity contribution in [1.82, 2.24) is 14.5 Å². The molecule has 2 aromatic heterocycles. The molecule has 0 fully saturated rings. The summed E-state index contributed by atoms with van der Waals surface area (Å²) < 4.78 is 14.5.